The van der Waals surface area contributed by atoms with Crippen LogP contribution in [0.3, 0.4) is 0 Å². The minimum atomic E-state index is 0.559. The first kappa shape index (κ1) is 12.2. The van der Waals surface area contributed by atoms with Crippen molar-refractivity contribution in [2.45, 2.75) is 51.8 Å². The first-order valence-corrected chi connectivity index (χ1v) is 7.36. The maximum atomic E-state index is 5.76. The quantitative estimate of drug-likeness (QED) is 0.838. The van der Waals surface area contributed by atoms with Gasteiger partial charge in [-0.3, -0.25) is 0 Å². The molecule has 0 aromatic carbocycles. The third-order valence-electron chi connectivity index (χ3n) is 4.05. The van der Waals surface area contributed by atoms with Crippen LogP contribution in [0.25, 0.3) is 0 Å². The van der Waals surface area contributed by atoms with Crippen LogP contribution in [-0.4, -0.2) is 17.7 Å². The van der Waals surface area contributed by atoms with E-state index in [1.807, 2.05) is 0 Å². The van der Waals surface area contributed by atoms with Gasteiger partial charge in [0.1, 0.15) is 6.73 Å². The summed E-state index contributed by atoms with van der Waals surface area (Å²) in [5.41, 5.74) is 3.01. The van der Waals surface area contributed by atoms with Crippen LogP contribution in [0.1, 0.15) is 49.8 Å². The predicted molar refractivity (Wildman–Crippen MR) is 72.5 cm³/mol. The van der Waals surface area contributed by atoms with E-state index in [-0.39, 0.29) is 0 Å². The molecule has 1 saturated carbocycles. The smallest absolute Gasteiger partial charge is 0.122 e. The van der Waals surface area contributed by atoms with Crippen molar-refractivity contribution in [2.24, 2.45) is 5.92 Å². The van der Waals surface area contributed by atoms with Gasteiger partial charge in [-0.15, -0.1) is 0 Å². The zero-order valence-electron chi connectivity index (χ0n) is 11.3. The second-order valence-corrected chi connectivity index (χ2v) is 5.70. The molecule has 0 amide bonds. The van der Waals surface area contributed by atoms with Crippen LogP contribution in [0.15, 0.2) is 12.4 Å². The molecule has 0 saturated heterocycles. The van der Waals surface area contributed by atoms with Gasteiger partial charge in [-0.1, -0.05) is 6.92 Å². The first-order chi connectivity index (χ1) is 8.86. The summed E-state index contributed by atoms with van der Waals surface area (Å²) >= 11 is 0. The van der Waals surface area contributed by atoms with Crippen LogP contribution in [0.4, 0.5) is 0 Å². The minimum absolute atomic E-state index is 0.559. The second-order valence-electron chi connectivity index (χ2n) is 5.70. The Kier molecular flexibility index (Phi) is 3.71. The standard InChI is InChI=1S/C15H24N2O/c1-2-16-15-5-3-4-13-8-17(9-14(13)15)11-18-10-12-6-7-12/h8-9,12,15-16H,2-7,10-11H2,1H3. The Hall–Kier alpha value is -0.800. The summed E-state index contributed by atoms with van der Waals surface area (Å²) in [5.74, 6) is 0.852. The lowest BCUT2D eigenvalue weighted by Gasteiger charge is -2.22. The molecule has 1 unspecified atom stereocenters. The highest BCUT2D eigenvalue weighted by Gasteiger charge is 2.22. The Morgan fingerprint density at radius 2 is 2.22 bits per heavy atom. The highest BCUT2D eigenvalue weighted by atomic mass is 16.5. The average molecular weight is 248 g/mol. The summed E-state index contributed by atoms with van der Waals surface area (Å²) in [7, 11) is 0. The molecule has 1 atom stereocenters. The van der Waals surface area contributed by atoms with Gasteiger partial charge in [0.15, 0.2) is 0 Å². The molecule has 2 aliphatic carbocycles. The third-order valence-corrected chi connectivity index (χ3v) is 4.05. The van der Waals surface area contributed by atoms with Crippen LogP contribution in [0.2, 0.25) is 0 Å². The fourth-order valence-corrected chi connectivity index (χ4v) is 2.89. The molecule has 2 aliphatic rings. The Labute approximate surface area is 110 Å². The summed E-state index contributed by atoms with van der Waals surface area (Å²) in [4.78, 5) is 0. The van der Waals surface area contributed by atoms with Crippen molar-refractivity contribution in [3.05, 3.63) is 23.5 Å². The van der Waals surface area contributed by atoms with E-state index in [9.17, 15) is 0 Å². The van der Waals surface area contributed by atoms with Gasteiger partial charge >= 0.3 is 0 Å². The molecule has 18 heavy (non-hydrogen) atoms. The van der Waals surface area contributed by atoms with E-state index in [4.69, 9.17) is 4.74 Å². The summed E-state index contributed by atoms with van der Waals surface area (Å²) < 4.78 is 7.98. The van der Waals surface area contributed by atoms with Crippen molar-refractivity contribution in [3.63, 3.8) is 0 Å². The molecule has 0 aliphatic heterocycles. The number of nitrogens with zero attached hydrogens (tertiary/aromatic N) is 1. The molecule has 3 nitrogen and oxygen atoms in total. The van der Waals surface area contributed by atoms with E-state index in [1.165, 1.54) is 43.2 Å². The van der Waals surface area contributed by atoms with Gasteiger partial charge in [0, 0.05) is 18.4 Å². The zero-order chi connectivity index (χ0) is 12.4. The van der Waals surface area contributed by atoms with Gasteiger partial charge < -0.3 is 14.6 Å². The molecular weight excluding hydrogens is 224 g/mol. The third kappa shape index (κ3) is 2.78. The molecule has 3 heteroatoms. The van der Waals surface area contributed by atoms with E-state index in [2.05, 4.69) is 29.2 Å². The van der Waals surface area contributed by atoms with Crippen molar-refractivity contribution in [1.82, 2.24) is 9.88 Å². The largest absolute Gasteiger partial charge is 0.361 e. The van der Waals surface area contributed by atoms with Crippen molar-refractivity contribution in [2.75, 3.05) is 13.2 Å². The molecular formula is C15H24N2O. The summed E-state index contributed by atoms with van der Waals surface area (Å²) in [6.45, 7) is 4.90. The van der Waals surface area contributed by atoms with E-state index in [0.717, 1.165) is 25.8 Å². The fraction of sp³-hybridized carbons (Fsp3) is 0.733. The number of hydrogen-bond donors (Lipinski definition) is 1. The van der Waals surface area contributed by atoms with Gasteiger partial charge in [-0.2, -0.15) is 0 Å². The van der Waals surface area contributed by atoms with Crippen molar-refractivity contribution in [3.8, 4) is 0 Å². The number of fused-ring (bicyclic) bond motifs is 1. The van der Waals surface area contributed by atoms with E-state index < -0.39 is 0 Å². The lowest BCUT2D eigenvalue weighted by atomic mass is 9.91. The molecule has 0 spiro atoms. The van der Waals surface area contributed by atoms with E-state index in [1.54, 1.807) is 0 Å². The number of aryl methyl sites for hydroxylation is 1. The zero-order valence-corrected chi connectivity index (χ0v) is 11.3. The van der Waals surface area contributed by atoms with Crippen LogP contribution < -0.4 is 5.32 Å². The Balaban J connectivity index is 1.61. The van der Waals surface area contributed by atoms with Gasteiger partial charge in [0.05, 0.1) is 6.61 Å². The average Bonchev–Trinajstić information content (AvgIpc) is 3.08. The summed E-state index contributed by atoms with van der Waals surface area (Å²) in [6, 6.07) is 0.559. The van der Waals surface area contributed by atoms with Crippen LogP contribution in [0, 0.1) is 5.92 Å². The predicted octanol–water partition coefficient (Wildman–Crippen LogP) is 2.86. The lowest BCUT2D eigenvalue weighted by Crippen LogP contribution is -2.23. The van der Waals surface area contributed by atoms with Gasteiger partial charge in [-0.25, -0.2) is 0 Å². The fourth-order valence-electron chi connectivity index (χ4n) is 2.89. The van der Waals surface area contributed by atoms with Crippen LogP contribution >= 0.6 is 0 Å². The van der Waals surface area contributed by atoms with Gasteiger partial charge in [0.2, 0.25) is 0 Å². The topological polar surface area (TPSA) is 26.2 Å². The molecule has 1 N–H and O–H groups in total. The monoisotopic (exact) mass is 248 g/mol. The highest BCUT2D eigenvalue weighted by molar-refractivity contribution is 5.30. The highest BCUT2D eigenvalue weighted by Crippen LogP contribution is 2.31. The maximum Gasteiger partial charge on any atom is 0.122 e. The number of ether oxygens (including phenoxy) is 1. The van der Waals surface area contributed by atoms with E-state index >= 15 is 0 Å². The van der Waals surface area contributed by atoms with Gasteiger partial charge in [-0.05, 0) is 55.7 Å². The maximum absolute atomic E-state index is 5.76. The molecule has 3 rings (SSSR count). The van der Waals surface area contributed by atoms with Gasteiger partial charge in [0.25, 0.3) is 0 Å². The molecule has 0 bridgehead atoms. The Morgan fingerprint density at radius 3 is 3.00 bits per heavy atom. The number of aromatic nitrogens is 1. The normalized spacial score (nSPS) is 23.1. The molecule has 0 radical (unpaired) electrons. The van der Waals surface area contributed by atoms with Crippen molar-refractivity contribution in [1.29, 1.82) is 0 Å². The molecule has 1 heterocycles. The second kappa shape index (κ2) is 5.45. The Bertz CT molecular complexity index is 395. The van der Waals surface area contributed by atoms with Crippen LogP contribution in [0.5, 0.6) is 0 Å². The first-order valence-electron chi connectivity index (χ1n) is 7.36. The molecule has 1 aromatic rings. The molecule has 1 aromatic heterocycles. The van der Waals surface area contributed by atoms with Crippen LogP contribution in [-0.2, 0) is 17.9 Å². The molecule has 100 valence electrons. The van der Waals surface area contributed by atoms with Crippen molar-refractivity contribution < 1.29 is 4.74 Å². The Morgan fingerprint density at radius 1 is 1.33 bits per heavy atom. The number of nitrogens with one attached hydrogen (secondary N) is 1. The molecule has 1 fully saturated rings. The number of hydrogen-bond acceptors (Lipinski definition) is 2. The SMILES string of the molecule is CCNC1CCCc2cn(COCC3CC3)cc21. The summed E-state index contributed by atoms with van der Waals surface area (Å²) in [5, 5.41) is 3.58. The minimum Gasteiger partial charge on any atom is -0.361 e. The number of rotatable bonds is 6. The lowest BCUT2D eigenvalue weighted by molar-refractivity contribution is 0.0691. The van der Waals surface area contributed by atoms with E-state index in [0.29, 0.717) is 6.04 Å². The summed E-state index contributed by atoms with van der Waals surface area (Å²) in [6.07, 6.45) is 11.1. The van der Waals surface area contributed by atoms with Crippen molar-refractivity contribution >= 4 is 0 Å².